The maximum Gasteiger partial charge on any atom is 0.0569 e. The third-order valence-corrected chi connectivity index (χ3v) is 3.09. The van der Waals surface area contributed by atoms with Gasteiger partial charge in [-0.05, 0) is 31.1 Å². The maximum atomic E-state index is 9.85. The predicted molar refractivity (Wildman–Crippen MR) is 60.2 cm³/mol. The van der Waals surface area contributed by atoms with E-state index >= 15 is 0 Å². The third kappa shape index (κ3) is 4.97. The lowest BCUT2D eigenvalue weighted by Crippen LogP contribution is -2.26. The quantitative estimate of drug-likeness (QED) is 0.666. The minimum Gasteiger partial charge on any atom is -0.393 e. The van der Waals surface area contributed by atoms with Gasteiger partial charge in [0.1, 0.15) is 0 Å². The Morgan fingerprint density at radius 3 is 1.93 bits per heavy atom. The molecule has 0 aromatic carbocycles. The van der Waals surface area contributed by atoms with Gasteiger partial charge in [0, 0.05) is 0 Å². The number of hydrogen-bond donors (Lipinski definition) is 2. The van der Waals surface area contributed by atoms with Crippen LogP contribution in [0.1, 0.15) is 53.4 Å². The first kappa shape index (κ1) is 13.9. The molecule has 0 aliphatic rings. The average Bonchev–Trinajstić information content (AvgIpc) is 2.16. The fourth-order valence-electron chi connectivity index (χ4n) is 1.82. The average molecular weight is 202 g/mol. The van der Waals surface area contributed by atoms with Gasteiger partial charge in [-0.1, -0.05) is 34.1 Å². The van der Waals surface area contributed by atoms with E-state index in [1.165, 1.54) is 0 Å². The molecule has 0 amide bonds. The topological polar surface area (TPSA) is 40.5 Å². The van der Waals surface area contributed by atoms with E-state index in [0.717, 1.165) is 25.7 Å². The molecule has 0 aromatic heterocycles. The summed E-state index contributed by atoms with van der Waals surface area (Å²) in [6.07, 6.45) is 3.15. The van der Waals surface area contributed by atoms with Crippen LogP contribution in [0, 0.1) is 11.8 Å². The normalized spacial score (nSPS) is 20.1. The first-order valence-corrected chi connectivity index (χ1v) is 5.88. The van der Waals surface area contributed by atoms with Crippen LogP contribution in [0.25, 0.3) is 0 Å². The van der Waals surface area contributed by atoms with Crippen molar-refractivity contribution in [3.8, 4) is 0 Å². The zero-order valence-corrected chi connectivity index (χ0v) is 10.0. The molecule has 0 rings (SSSR count). The summed E-state index contributed by atoms with van der Waals surface area (Å²) in [6, 6.07) is 0. The minimum atomic E-state index is -0.265. The van der Waals surface area contributed by atoms with Gasteiger partial charge in [0.25, 0.3) is 0 Å². The van der Waals surface area contributed by atoms with Crippen LogP contribution in [0.5, 0.6) is 0 Å². The van der Waals surface area contributed by atoms with Crippen LogP contribution in [0.15, 0.2) is 0 Å². The molecular formula is C12H26O2. The van der Waals surface area contributed by atoms with Crippen LogP contribution in [0.3, 0.4) is 0 Å². The maximum absolute atomic E-state index is 9.85. The molecule has 0 heterocycles. The predicted octanol–water partition coefficient (Wildman–Crippen LogP) is 2.58. The van der Waals surface area contributed by atoms with Crippen molar-refractivity contribution >= 4 is 0 Å². The summed E-state index contributed by atoms with van der Waals surface area (Å²) in [5.74, 6) is 0.556. The fraction of sp³-hybridized carbons (Fsp3) is 1.00. The molecule has 0 aromatic rings. The third-order valence-electron chi connectivity index (χ3n) is 3.09. The van der Waals surface area contributed by atoms with Gasteiger partial charge < -0.3 is 10.2 Å². The summed E-state index contributed by atoms with van der Waals surface area (Å²) >= 11 is 0. The highest BCUT2D eigenvalue weighted by Gasteiger charge is 2.20. The first-order valence-electron chi connectivity index (χ1n) is 5.88. The number of aliphatic hydroxyl groups is 2. The highest BCUT2D eigenvalue weighted by Crippen LogP contribution is 2.20. The van der Waals surface area contributed by atoms with E-state index in [1.54, 1.807) is 0 Å². The van der Waals surface area contributed by atoms with Gasteiger partial charge in [0.05, 0.1) is 12.2 Å². The van der Waals surface area contributed by atoms with Crippen LogP contribution < -0.4 is 0 Å². The van der Waals surface area contributed by atoms with Crippen molar-refractivity contribution in [1.82, 2.24) is 0 Å². The molecule has 2 nitrogen and oxygen atoms in total. The van der Waals surface area contributed by atoms with Crippen molar-refractivity contribution in [2.75, 3.05) is 0 Å². The highest BCUT2D eigenvalue weighted by molar-refractivity contribution is 4.71. The largest absolute Gasteiger partial charge is 0.393 e. The van der Waals surface area contributed by atoms with Gasteiger partial charge >= 0.3 is 0 Å². The van der Waals surface area contributed by atoms with Crippen molar-refractivity contribution in [2.24, 2.45) is 11.8 Å². The van der Waals surface area contributed by atoms with Gasteiger partial charge in [-0.25, -0.2) is 0 Å². The Labute approximate surface area is 88.3 Å². The molecule has 0 aliphatic carbocycles. The molecule has 4 atom stereocenters. The molecule has 0 radical (unpaired) electrons. The second kappa shape index (κ2) is 7.24. The van der Waals surface area contributed by atoms with Gasteiger partial charge in [-0.2, -0.15) is 0 Å². The van der Waals surface area contributed by atoms with Crippen molar-refractivity contribution in [2.45, 2.75) is 65.6 Å². The van der Waals surface area contributed by atoms with E-state index in [1.807, 2.05) is 13.8 Å². The second-order valence-corrected chi connectivity index (χ2v) is 4.52. The molecule has 0 aliphatic heterocycles. The lowest BCUT2D eigenvalue weighted by molar-refractivity contribution is 0.0419. The van der Waals surface area contributed by atoms with Crippen molar-refractivity contribution in [1.29, 1.82) is 0 Å². The fourth-order valence-corrected chi connectivity index (χ4v) is 1.82. The first-order chi connectivity index (χ1) is 6.52. The molecular weight excluding hydrogens is 176 g/mol. The summed E-state index contributed by atoms with van der Waals surface area (Å²) in [7, 11) is 0. The van der Waals surface area contributed by atoms with Crippen molar-refractivity contribution in [3.05, 3.63) is 0 Å². The highest BCUT2D eigenvalue weighted by atomic mass is 16.3. The molecule has 4 unspecified atom stereocenters. The van der Waals surface area contributed by atoms with E-state index < -0.39 is 0 Å². The van der Waals surface area contributed by atoms with Crippen LogP contribution in [-0.4, -0.2) is 22.4 Å². The minimum absolute atomic E-state index is 0.203. The molecule has 0 fully saturated rings. The van der Waals surface area contributed by atoms with Crippen molar-refractivity contribution in [3.63, 3.8) is 0 Å². The van der Waals surface area contributed by atoms with Gasteiger partial charge in [-0.15, -0.1) is 0 Å². The summed E-state index contributed by atoms with van der Waals surface area (Å²) in [6.45, 7) is 8.20. The SMILES string of the molecule is CCCC(C)C(O)CC(C)C(O)CC. The zero-order valence-electron chi connectivity index (χ0n) is 10.0. The summed E-state index contributed by atoms with van der Waals surface area (Å²) in [5.41, 5.74) is 0. The molecule has 14 heavy (non-hydrogen) atoms. The Kier molecular flexibility index (Phi) is 7.20. The second-order valence-electron chi connectivity index (χ2n) is 4.52. The smallest absolute Gasteiger partial charge is 0.0569 e. The molecule has 0 saturated carbocycles. The van der Waals surface area contributed by atoms with Crippen LogP contribution in [-0.2, 0) is 0 Å². The summed E-state index contributed by atoms with van der Waals surface area (Å²) in [4.78, 5) is 0. The summed E-state index contributed by atoms with van der Waals surface area (Å²) < 4.78 is 0. The summed E-state index contributed by atoms with van der Waals surface area (Å²) in [5, 5.41) is 19.4. The Hall–Kier alpha value is -0.0800. The van der Waals surface area contributed by atoms with Gasteiger partial charge in [-0.3, -0.25) is 0 Å². The van der Waals surface area contributed by atoms with E-state index in [0.29, 0.717) is 5.92 Å². The van der Waals surface area contributed by atoms with Gasteiger partial charge in [0.15, 0.2) is 0 Å². The lowest BCUT2D eigenvalue weighted by Gasteiger charge is -2.24. The Morgan fingerprint density at radius 1 is 0.929 bits per heavy atom. The Bertz CT molecular complexity index is 136. The number of hydrogen-bond acceptors (Lipinski definition) is 2. The Morgan fingerprint density at radius 2 is 1.50 bits per heavy atom. The standard InChI is InChI=1S/C12H26O2/c1-5-7-9(3)12(14)8-10(4)11(13)6-2/h9-14H,5-8H2,1-4H3. The van der Waals surface area contributed by atoms with E-state index in [9.17, 15) is 10.2 Å². The van der Waals surface area contributed by atoms with Crippen LogP contribution in [0.4, 0.5) is 0 Å². The molecule has 0 spiro atoms. The van der Waals surface area contributed by atoms with Gasteiger partial charge in [0.2, 0.25) is 0 Å². The molecule has 0 bridgehead atoms. The van der Waals surface area contributed by atoms with E-state index in [2.05, 4.69) is 13.8 Å². The van der Waals surface area contributed by atoms with Crippen molar-refractivity contribution < 1.29 is 10.2 Å². The Balaban J connectivity index is 3.85. The van der Waals surface area contributed by atoms with E-state index in [-0.39, 0.29) is 18.1 Å². The lowest BCUT2D eigenvalue weighted by atomic mass is 9.89. The monoisotopic (exact) mass is 202 g/mol. The van der Waals surface area contributed by atoms with Crippen LogP contribution >= 0.6 is 0 Å². The number of aliphatic hydroxyl groups excluding tert-OH is 2. The molecule has 2 heteroatoms. The number of rotatable bonds is 7. The zero-order chi connectivity index (χ0) is 11.1. The molecule has 86 valence electrons. The molecule has 0 saturated heterocycles. The molecule has 2 N–H and O–H groups in total. The van der Waals surface area contributed by atoms with Crippen LogP contribution in [0.2, 0.25) is 0 Å². The van der Waals surface area contributed by atoms with E-state index in [4.69, 9.17) is 0 Å².